The molecule has 5 nitrogen and oxygen atoms in total. The van der Waals surface area contributed by atoms with Crippen molar-refractivity contribution in [2.75, 3.05) is 5.32 Å². The molecule has 114 valence electrons. The molecule has 0 radical (unpaired) electrons. The van der Waals surface area contributed by atoms with Crippen molar-refractivity contribution in [3.05, 3.63) is 39.3 Å². The molecule has 3 aromatic rings. The van der Waals surface area contributed by atoms with Crippen LogP contribution >= 0.6 is 11.3 Å². The number of amides is 1. The number of hydrogen-bond donors (Lipinski definition) is 1. The molecule has 1 amide bonds. The highest BCUT2D eigenvalue weighted by molar-refractivity contribution is 7.14. The van der Waals surface area contributed by atoms with Gasteiger partial charge in [-0.2, -0.15) is 5.10 Å². The second-order valence-corrected chi connectivity index (χ2v) is 6.47. The number of aryl methyl sites for hydroxylation is 4. The first-order chi connectivity index (χ1) is 10.5. The van der Waals surface area contributed by atoms with E-state index >= 15 is 0 Å². The van der Waals surface area contributed by atoms with Crippen molar-refractivity contribution < 1.29 is 4.79 Å². The van der Waals surface area contributed by atoms with Crippen LogP contribution in [0.2, 0.25) is 0 Å². The summed E-state index contributed by atoms with van der Waals surface area (Å²) in [5, 5.41) is 8.22. The van der Waals surface area contributed by atoms with Gasteiger partial charge in [0, 0.05) is 17.3 Å². The lowest BCUT2D eigenvalue weighted by atomic mass is 10.2. The van der Waals surface area contributed by atoms with Gasteiger partial charge in [0.25, 0.3) is 5.91 Å². The van der Waals surface area contributed by atoms with Gasteiger partial charge in [-0.05, 0) is 38.0 Å². The van der Waals surface area contributed by atoms with Gasteiger partial charge in [-0.1, -0.05) is 6.92 Å². The van der Waals surface area contributed by atoms with E-state index in [2.05, 4.69) is 22.3 Å². The predicted molar refractivity (Wildman–Crippen MR) is 89.6 cm³/mol. The number of aromatic nitrogens is 3. The van der Waals surface area contributed by atoms with Gasteiger partial charge in [0.15, 0.2) is 5.65 Å². The van der Waals surface area contributed by atoms with Crippen LogP contribution < -0.4 is 5.32 Å². The normalized spacial score (nSPS) is 11.1. The Bertz CT molecular complexity index is 863. The van der Waals surface area contributed by atoms with E-state index in [1.807, 2.05) is 33.0 Å². The molecule has 0 saturated heterocycles. The molecule has 22 heavy (non-hydrogen) atoms. The second kappa shape index (κ2) is 5.53. The second-order valence-electron chi connectivity index (χ2n) is 5.33. The van der Waals surface area contributed by atoms with Gasteiger partial charge in [-0.3, -0.25) is 9.48 Å². The van der Waals surface area contributed by atoms with E-state index in [0.29, 0.717) is 5.69 Å². The van der Waals surface area contributed by atoms with Crippen LogP contribution in [-0.2, 0) is 13.5 Å². The number of carbonyl (C=O) groups excluding carboxylic acids is 1. The predicted octanol–water partition coefficient (Wildman–Crippen LogP) is 3.46. The average molecular weight is 314 g/mol. The fourth-order valence-electron chi connectivity index (χ4n) is 2.55. The molecule has 0 bridgehead atoms. The Kier molecular flexibility index (Phi) is 3.70. The maximum absolute atomic E-state index is 12.4. The summed E-state index contributed by atoms with van der Waals surface area (Å²) in [6.45, 7) is 6.08. The molecule has 0 saturated carbocycles. The minimum absolute atomic E-state index is 0.0875. The fraction of sp³-hybridized carbons (Fsp3) is 0.312. The van der Waals surface area contributed by atoms with E-state index in [4.69, 9.17) is 0 Å². The highest BCUT2D eigenvalue weighted by Crippen LogP contribution is 2.24. The molecule has 0 aliphatic carbocycles. The topological polar surface area (TPSA) is 59.8 Å². The maximum atomic E-state index is 12.4. The number of nitrogens with one attached hydrogen (secondary N) is 1. The van der Waals surface area contributed by atoms with Gasteiger partial charge in [-0.25, -0.2) is 4.98 Å². The maximum Gasteiger partial charge on any atom is 0.265 e. The molecule has 0 aromatic carbocycles. The van der Waals surface area contributed by atoms with Gasteiger partial charge in [0.2, 0.25) is 0 Å². The van der Waals surface area contributed by atoms with Crippen LogP contribution in [0.25, 0.3) is 11.0 Å². The molecule has 0 spiro atoms. The summed E-state index contributed by atoms with van der Waals surface area (Å²) in [6.07, 6.45) is 2.62. The number of thiophene rings is 1. The number of hydrogen-bond acceptors (Lipinski definition) is 4. The number of nitrogens with zero attached hydrogens (tertiary/aromatic N) is 3. The zero-order valence-corrected chi connectivity index (χ0v) is 13.9. The highest BCUT2D eigenvalue weighted by atomic mass is 32.1. The summed E-state index contributed by atoms with van der Waals surface area (Å²) < 4.78 is 1.74. The lowest BCUT2D eigenvalue weighted by Crippen LogP contribution is -2.10. The van der Waals surface area contributed by atoms with E-state index in [9.17, 15) is 4.79 Å². The van der Waals surface area contributed by atoms with Crippen molar-refractivity contribution in [1.82, 2.24) is 14.8 Å². The van der Waals surface area contributed by atoms with Gasteiger partial charge < -0.3 is 5.32 Å². The lowest BCUT2D eigenvalue weighted by Gasteiger charge is -2.03. The molecule has 6 heteroatoms. The SMILES string of the molecule is CCc1sc(C(=O)Nc2cnc3c(c2)c(C)nn3C)cc1C. The van der Waals surface area contributed by atoms with Gasteiger partial charge in [0.05, 0.1) is 22.5 Å². The smallest absolute Gasteiger partial charge is 0.265 e. The van der Waals surface area contributed by atoms with Gasteiger partial charge in [-0.15, -0.1) is 11.3 Å². The summed E-state index contributed by atoms with van der Waals surface area (Å²) in [4.78, 5) is 18.7. The molecule has 0 fully saturated rings. The van der Waals surface area contributed by atoms with Crippen LogP contribution in [0.1, 0.15) is 32.7 Å². The van der Waals surface area contributed by atoms with E-state index in [-0.39, 0.29) is 5.91 Å². The van der Waals surface area contributed by atoms with Crippen LogP contribution in [0, 0.1) is 13.8 Å². The summed E-state index contributed by atoms with van der Waals surface area (Å²) in [7, 11) is 1.86. The van der Waals surface area contributed by atoms with Crippen molar-refractivity contribution in [3.8, 4) is 0 Å². The summed E-state index contributed by atoms with van der Waals surface area (Å²) in [6, 6.07) is 3.86. The quantitative estimate of drug-likeness (QED) is 0.805. The fourth-order valence-corrected chi connectivity index (χ4v) is 3.56. The average Bonchev–Trinajstić information content (AvgIpc) is 3.00. The molecule has 0 aliphatic rings. The number of carbonyl (C=O) groups is 1. The van der Waals surface area contributed by atoms with Crippen molar-refractivity contribution >= 4 is 34.0 Å². The third-order valence-corrected chi connectivity index (χ3v) is 5.07. The van der Waals surface area contributed by atoms with Crippen molar-refractivity contribution in [2.45, 2.75) is 27.2 Å². The van der Waals surface area contributed by atoms with Crippen molar-refractivity contribution in [1.29, 1.82) is 0 Å². The Morgan fingerprint density at radius 3 is 2.82 bits per heavy atom. The van der Waals surface area contributed by atoms with Crippen molar-refractivity contribution in [2.24, 2.45) is 7.05 Å². The van der Waals surface area contributed by atoms with E-state index in [1.54, 1.807) is 22.2 Å². The van der Waals surface area contributed by atoms with Crippen LogP contribution in [-0.4, -0.2) is 20.7 Å². The minimum Gasteiger partial charge on any atom is -0.320 e. The Balaban J connectivity index is 1.88. The van der Waals surface area contributed by atoms with Crippen LogP contribution in [0.3, 0.4) is 0 Å². The third kappa shape index (κ3) is 2.50. The number of pyridine rings is 1. The summed E-state index contributed by atoms with van der Waals surface area (Å²) in [5.74, 6) is -0.0875. The zero-order chi connectivity index (χ0) is 15.9. The largest absolute Gasteiger partial charge is 0.320 e. The minimum atomic E-state index is -0.0875. The molecule has 1 N–H and O–H groups in total. The molecular formula is C16H18N4OS. The van der Waals surface area contributed by atoms with Crippen LogP contribution in [0.15, 0.2) is 18.3 Å². The first-order valence-electron chi connectivity index (χ1n) is 7.19. The van der Waals surface area contributed by atoms with Crippen LogP contribution in [0.5, 0.6) is 0 Å². The number of anilines is 1. The first kappa shape index (κ1) is 14.7. The Labute approximate surface area is 133 Å². The molecule has 0 atom stereocenters. The summed E-state index contributed by atoms with van der Waals surface area (Å²) in [5.41, 5.74) is 3.59. The number of fused-ring (bicyclic) bond motifs is 1. The third-order valence-electron chi connectivity index (χ3n) is 3.69. The molecule has 0 aliphatic heterocycles. The Morgan fingerprint density at radius 2 is 2.14 bits per heavy atom. The molecule has 0 unspecified atom stereocenters. The monoisotopic (exact) mass is 314 g/mol. The van der Waals surface area contributed by atoms with Gasteiger partial charge >= 0.3 is 0 Å². The van der Waals surface area contributed by atoms with Crippen molar-refractivity contribution in [3.63, 3.8) is 0 Å². The van der Waals surface area contributed by atoms with E-state index < -0.39 is 0 Å². The van der Waals surface area contributed by atoms with Gasteiger partial charge in [0.1, 0.15) is 0 Å². The molecular weight excluding hydrogens is 296 g/mol. The number of rotatable bonds is 3. The van der Waals surface area contributed by atoms with E-state index in [1.165, 1.54) is 10.4 Å². The Hall–Kier alpha value is -2.21. The molecule has 3 heterocycles. The lowest BCUT2D eigenvalue weighted by molar-refractivity contribution is 0.103. The standard InChI is InChI=1S/C16H18N4OS/c1-5-13-9(2)6-14(22-13)16(21)18-11-7-12-10(3)19-20(4)15(12)17-8-11/h6-8H,5H2,1-4H3,(H,18,21). The molecule has 3 aromatic heterocycles. The summed E-state index contributed by atoms with van der Waals surface area (Å²) >= 11 is 1.55. The Morgan fingerprint density at radius 1 is 1.36 bits per heavy atom. The van der Waals surface area contributed by atoms with E-state index in [0.717, 1.165) is 28.0 Å². The molecule has 3 rings (SSSR count). The first-order valence-corrected chi connectivity index (χ1v) is 8.01. The van der Waals surface area contributed by atoms with Crippen LogP contribution in [0.4, 0.5) is 5.69 Å². The zero-order valence-electron chi connectivity index (χ0n) is 13.1. The highest BCUT2D eigenvalue weighted by Gasteiger charge is 2.13.